The van der Waals surface area contributed by atoms with Crippen molar-refractivity contribution in [3.8, 4) is 5.75 Å². The van der Waals surface area contributed by atoms with E-state index in [4.69, 9.17) is 16.3 Å². The summed E-state index contributed by atoms with van der Waals surface area (Å²) >= 11 is 6.16. The molecular formula is C17H27ClN2O. The first kappa shape index (κ1) is 16.6. The quantitative estimate of drug-likeness (QED) is 0.917. The minimum absolute atomic E-state index is 0.177. The van der Waals surface area contributed by atoms with Gasteiger partial charge in [-0.05, 0) is 51.4 Å². The first-order valence-corrected chi connectivity index (χ1v) is 8.16. The molecule has 4 heteroatoms. The average Bonchev–Trinajstić information content (AvgIpc) is 2.60. The van der Waals surface area contributed by atoms with Crippen molar-refractivity contribution in [2.24, 2.45) is 0 Å². The number of nitrogens with one attached hydrogen (secondary N) is 1. The Hall–Kier alpha value is -0.770. The molecule has 0 saturated carbocycles. The van der Waals surface area contributed by atoms with Gasteiger partial charge in [0.25, 0.3) is 0 Å². The highest BCUT2D eigenvalue weighted by Gasteiger charge is 2.30. The molecule has 2 unspecified atom stereocenters. The summed E-state index contributed by atoms with van der Waals surface area (Å²) in [5.41, 5.74) is 1.34. The number of hydrogen-bond donors (Lipinski definition) is 1. The molecule has 1 aliphatic rings. The summed E-state index contributed by atoms with van der Waals surface area (Å²) < 4.78 is 5.49. The molecule has 118 valence electrons. The van der Waals surface area contributed by atoms with Gasteiger partial charge < -0.3 is 10.1 Å². The van der Waals surface area contributed by atoms with Gasteiger partial charge in [-0.15, -0.1) is 0 Å². The van der Waals surface area contributed by atoms with Crippen LogP contribution in [0.2, 0.25) is 5.02 Å². The van der Waals surface area contributed by atoms with Crippen molar-refractivity contribution in [1.29, 1.82) is 0 Å². The molecule has 1 aromatic carbocycles. The minimum Gasteiger partial charge on any atom is -0.496 e. The number of nitrogens with zero attached hydrogens (tertiary/aromatic N) is 1. The normalized spacial score (nSPS) is 27.4. The number of methoxy groups -OCH3 is 1. The van der Waals surface area contributed by atoms with Gasteiger partial charge in [0.1, 0.15) is 5.75 Å². The summed E-state index contributed by atoms with van der Waals surface area (Å²) in [6, 6.07) is 6.41. The molecule has 0 bridgehead atoms. The van der Waals surface area contributed by atoms with Crippen molar-refractivity contribution in [3.05, 3.63) is 28.8 Å². The summed E-state index contributed by atoms with van der Waals surface area (Å²) in [7, 11) is 1.72. The van der Waals surface area contributed by atoms with E-state index in [-0.39, 0.29) is 5.54 Å². The molecule has 0 amide bonds. The van der Waals surface area contributed by atoms with Gasteiger partial charge in [0.15, 0.2) is 0 Å². The molecule has 1 aliphatic heterocycles. The van der Waals surface area contributed by atoms with Crippen molar-refractivity contribution >= 4 is 11.6 Å². The van der Waals surface area contributed by atoms with Crippen LogP contribution in [0.15, 0.2) is 18.2 Å². The lowest BCUT2D eigenvalue weighted by molar-refractivity contribution is 0.162. The zero-order chi connectivity index (χ0) is 15.5. The van der Waals surface area contributed by atoms with Crippen molar-refractivity contribution in [2.45, 2.75) is 51.7 Å². The van der Waals surface area contributed by atoms with Crippen LogP contribution in [-0.2, 0) is 6.54 Å². The van der Waals surface area contributed by atoms with E-state index in [9.17, 15) is 0 Å². The zero-order valence-corrected chi connectivity index (χ0v) is 14.3. The number of halogens is 1. The lowest BCUT2D eigenvalue weighted by Gasteiger charge is -2.35. The van der Waals surface area contributed by atoms with E-state index in [1.165, 1.54) is 6.42 Å². The maximum atomic E-state index is 6.16. The van der Waals surface area contributed by atoms with Crippen LogP contribution in [0.1, 0.15) is 39.2 Å². The Morgan fingerprint density at radius 1 is 1.48 bits per heavy atom. The maximum Gasteiger partial charge on any atom is 0.123 e. The SMILES string of the molecule is CCC1(C)CN(Cc2cc(Cl)ccc2OC)C(C)CCN1. The first-order chi connectivity index (χ1) is 9.97. The molecule has 1 heterocycles. The third kappa shape index (κ3) is 4.12. The fourth-order valence-corrected chi connectivity index (χ4v) is 3.16. The lowest BCUT2D eigenvalue weighted by Crippen LogP contribution is -2.49. The highest BCUT2D eigenvalue weighted by atomic mass is 35.5. The second-order valence-electron chi connectivity index (χ2n) is 6.34. The van der Waals surface area contributed by atoms with Crippen LogP contribution >= 0.6 is 11.6 Å². The van der Waals surface area contributed by atoms with Gasteiger partial charge in [0.05, 0.1) is 7.11 Å². The third-order valence-corrected chi connectivity index (χ3v) is 4.92. The van der Waals surface area contributed by atoms with Crippen LogP contribution in [0.5, 0.6) is 5.75 Å². The Kier molecular flexibility index (Phi) is 5.53. The lowest BCUT2D eigenvalue weighted by atomic mass is 9.98. The summed E-state index contributed by atoms with van der Waals surface area (Å²) in [6.45, 7) is 9.87. The maximum absolute atomic E-state index is 6.16. The molecule has 1 fully saturated rings. The van der Waals surface area contributed by atoms with Gasteiger partial charge >= 0.3 is 0 Å². The molecule has 1 saturated heterocycles. The van der Waals surface area contributed by atoms with Gasteiger partial charge in [-0.1, -0.05) is 18.5 Å². The molecule has 1 aromatic rings. The Balaban J connectivity index is 2.21. The van der Waals surface area contributed by atoms with Crippen LogP contribution in [0.25, 0.3) is 0 Å². The Morgan fingerprint density at radius 2 is 2.24 bits per heavy atom. The summed E-state index contributed by atoms with van der Waals surface area (Å²) in [5.74, 6) is 0.919. The van der Waals surface area contributed by atoms with E-state index in [2.05, 4.69) is 31.0 Å². The first-order valence-electron chi connectivity index (χ1n) is 7.79. The van der Waals surface area contributed by atoms with Crippen molar-refractivity contribution in [3.63, 3.8) is 0 Å². The molecule has 21 heavy (non-hydrogen) atoms. The highest BCUT2D eigenvalue weighted by molar-refractivity contribution is 6.30. The molecule has 0 spiro atoms. The topological polar surface area (TPSA) is 24.5 Å². The minimum atomic E-state index is 0.177. The largest absolute Gasteiger partial charge is 0.496 e. The molecule has 0 aromatic heterocycles. The Morgan fingerprint density at radius 3 is 2.90 bits per heavy atom. The summed E-state index contributed by atoms with van der Waals surface area (Å²) in [4.78, 5) is 2.54. The van der Waals surface area contributed by atoms with E-state index in [1.807, 2.05) is 18.2 Å². The molecule has 0 radical (unpaired) electrons. The van der Waals surface area contributed by atoms with Gasteiger partial charge in [0.2, 0.25) is 0 Å². The van der Waals surface area contributed by atoms with Crippen LogP contribution in [-0.4, -0.2) is 36.7 Å². The molecule has 2 rings (SSSR count). The molecule has 3 nitrogen and oxygen atoms in total. The van der Waals surface area contributed by atoms with Crippen molar-refractivity contribution < 1.29 is 4.74 Å². The fraction of sp³-hybridized carbons (Fsp3) is 0.647. The zero-order valence-electron chi connectivity index (χ0n) is 13.6. The monoisotopic (exact) mass is 310 g/mol. The summed E-state index contributed by atoms with van der Waals surface area (Å²) in [5, 5.41) is 4.46. The van der Waals surface area contributed by atoms with Crippen molar-refractivity contribution in [1.82, 2.24) is 10.2 Å². The third-order valence-electron chi connectivity index (χ3n) is 4.69. The smallest absolute Gasteiger partial charge is 0.123 e. The van der Waals surface area contributed by atoms with Gasteiger partial charge in [0, 0.05) is 35.3 Å². The van der Waals surface area contributed by atoms with E-state index >= 15 is 0 Å². The number of rotatable bonds is 4. The van der Waals surface area contributed by atoms with E-state index in [0.717, 1.165) is 42.4 Å². The molecule has 0 aliphatic carbocycles. The molecule has 1 N–H and O–H groups in total. The predicted molar refractivity (Wildman–Crippen MR) is 89.2 cm³/mol. The standard InChI is InChI=1S/C17H27ClN2O/c1-5-17(3)12-20(13(2)8-9-19-17)11-14-10-15(18)6-7-16(14)21-4/h6-7,10,13,19H,5,8-9,11-12H2,1-4H3. The summed E-state index contributed by atoms with van der Waals surface area (Å²) in [6.07, 6.45) is 2.29. The molecule has 2 atom stereocenters. The van der Waals surface area contributed by atoms with Gasteiger partial charge in [-0.3, -0.25) is 4.90 Å². The Labute approximate surface area is 133 Å². The van der Waals surface area contributed by atoms with Crippen LogP contribution in [0, 0.1) is 0 Å². The fourth-order valence-electron chi connectivity index (χ4n) is 2.96. The van der Waals surface area contributed by atoms with Gasteiger partial charge in [-0.25, -0.2) is 0 Å². The van der Waals surface area contributed by atoms with Gasteiger partial charge in [-0.2, -0.15) is 0 Å². The average molecular weight is 311 g/mol. The predicted octanol–water partition coefficient (Wildman–Crippen LogP) is 3.70. The van der Waals surface area contributed by atoms with Crippen LogP contribution in [0.3, 0.4) is 0 Å². The Bertz CT molecular complexity index is 480. The van der Waals surface area contributed by atoms with E-state index < -0.39 is 0 Å². The highest BCUT2D eigenvalue weighted by Crippen LogP contribution is 2.27. The second-order valence-corrected chi connectivity index (χ2v) is 6.78. The van der Waals surface area contributed by atoms with E-state index in [1.54, 1.807) is 7.11 Å². The number of benzene rings is 1. The number of ether oxygens (including phenoxy) is 1. The number of hydrogen-bond acceptors (Lipinski definition) is 3. The van der Waals surface area contributed by atoms with Crippen molar-refractivity contribution in [2.75, 3.05) is 20.2 Å². The second kappa shape index (κ2) is 6.99. The van der Waals surface area contributed by atoms with E-state index in [0.29, 0.717) is 6.04 Å². The van der Waals surface area contributed by atoms with Crippen LogP contribution in [0.4, 0.5) is 0 Å². The van der Waals surface area contributed by atoms with Crippen LogP contribution < -0.4 is 10.1 Å². The molecular weight excluding hydrogens is 284 g/mol.